The second-order valence-corrected chi connectivity index (χ2v) is 7.89. The number of aromatic nitrogens is 4. The molecule has 9 heteroatoms. The molecule has 2 aromatic carbocycles. The molecule has 32 heavy (non-hydrogen) atoms. The van der Waals surface area contributed by atoms with Crippen molar-refractivity contribution in [3.05, 3.63) is 71.8 Å². The standard InChI is InChI=1S/C23H25FN6O2/c24-21-4-2-1-3-18(21)9-12-25-23(32)19-10-13-29(14-11-19)22(31)15-17-5-7-20(8-6-17)30-16-26-27-28-30/h1-8,16,19H,9-15H2,(H,25,32). The van der Waals surface area contributed by atoms with Gasteiger partial charge in [0.2, 0.25) is 11.8 Å². The van der Waals surface area contributed by atoms with Gasteiger partial charge in [-0.1, -0.05) is 30.3 Å². The predicted molar refractivity (Wildman–Crippen MR) is 115 cm³/mol. The first-order valence-electron chi connectivity index (χ1n) is 10.7. The molecule has 1 fully saturated rings. The van der Waals surface area contributed by atoms with E-state index in [1.165, 1.54) is 12.4 Å². The van der Waals surface area contributed by atoms with Gasteiger partial charge in [-0.2, -0.15) is 0 Å². The second kappa shape index (κ2) is 10.1. The zero-order valence-corrected chi connectivity index (χ0v) is 17.7. The van der Waals surface area contributed by atoms with Crippen LogP contribution >= 0.6 is 0 Å². The third-order valence-electron chi connectivity index (χ3n) is 5.78. The number of rotatable bonds is 7. The average Bonchev–Trinajstić information content (AvgIpc) is 3.36. The van der Waals surface area contributed by atoms with Gasteiger partial charge >= 0.3 is 0 Å². The van der Waals surface area contributed by atoms with Crippen molar-refractivity contribution in [2.24, 2.45) is 5.92 Å². The van der Waals surface area contributed by atoms with E-state index >= 15 is 0 Å². The number of nitrogens with zero attached hydrogens (tertiary/aromatic N) is 5. The van der Waals surface area contributed by atoms with Gasteiger partial charge in [-0.3, -0.25) is 9.59 Å². The summed E-state index contributed by atoms with van der Waals surface area (Å²) in [6.45, 7) is 1.53. The van der Waals surface area contributed by atoms with E-state index in [2.05, 4.69) is 20.8 Å². The molecule has 0 unspecified atom stereocenters. The highest BCUT2D eigenvalue weighted by atomic mass is 19.1. The molecule has 3 aromatic rings. The summed E-state index contributed by atoms with van der Waals surface area (Å²) in [7, 11) is 0. The van der Waals surface area contributed by atoms with Crippen LogP contribution in [0.3, 0.4) is 0 Å². The molecule has 8 nitrogen and oxygen atoms in total. The van der Waals surface area contributed by atoms with Crippen LogP contribution in [-0.2, 0) is 22.4 Å². The lowest BCUT2D eigenvalue weighted by Crippen LogP contribution is -2.43. The zero-order chi connectivity index (χ0) is 22.3. The number of nitrogens with one attached hydrogen (secondary N) is 1. The molecule has 0 saturated carbocycles. The molecule has 4 rings (SSSR count). The maximum absolute atomic E-state index is 13.7. The number of tetrazole rings is 1. The largest absolute Gasteiger partial charge is 0.356 e. The van der Waals surface area contributed by atoms with E-state index in [-0.39, 0.29) is 23.5 Å². The van der Waals surface area contributed by atoms with Crippen LogP contribution in [-0.4, -0.2) is 56.6 Å². The highest BCUT2D eigenvalue weighted by molar-refractivity contribution is 5.81. The van der Waals surface area contributed by atoms with Crippen molar-refractivity contribution in [1.82, 2.24) is 30.4 Å². The van der Waals surface area contributed by atoms with Gasteiger partial charge in [-0.25, -0.2) is 9.07 Å². The van der Waals surface area contributed by atoms with Crippen molar-refractivity contribution in [3.8, 4) is 5.69 Å². The average molecular weight is 436 g/mol. The van der Waals surface area contributed by atoms with Crippen LogP contribution in [0.15, 0.2) is 54.9 Å². The zero-order valence-electron chi connectivity index (χ0n) is 17.7. The molecule has 1 saturated heterocycles. The summed E-state index contributed by atoms with van der Waals surface area (Å²) in [5.74, 6) is -0.334. The Morgan fingerprint density at radius 3 is 2.50 bits per heavy atom. The highest BCUT2D eigenvalue weighted by Crippen LogP contribution is 2.19. The van der Waals surface area contributed by atoms with Crippen LogP contribution in [0, 0.1) is 11.7 Å². The summed E-state index contributed by atoms with van der Waals surface area (Å²) in [5.41, 5.74) is 2.34. The SMILES string of the molecule is O=C(NCCc1ccccc1F)C1CCN(C(=O)Cc2ccc(-n3cnnn3)cc2)CC1. The molecular formula is C23H25FN6O2. The van der Waals surface area contributed by atoms with E-state index in [0.717, 1.165) is 11.3 Å². The summed E-state index contributed by atoms with van der Waals surface area (Å²) >= 11 is 0. The van der Waals surface area contributed by atoms with E-state index in [1.807, 2.05) is 29.2 Å². The van der Waals surface area contributed by atoms with E-state index < -0.39 is 0 Å². The fourth-order valence-electron chi connectivity index (χ4n) is 3.89. The minimum Gasteiger partial charge on any atom is -0.356 e. The fraction of sp³-hybridized carbons (Fsp3) is 0.348. The number of likely N-dealkylation sites (tertiary alicyclic amines) is 1. The molecule has 0 bridgehead atoms. The normalized spacial score (nSPS) is 14.3. The van der Waals surface area contributed by atoms with E-state index in [1.54, 1.807) is 22.9 Å². The monoisotopic (exact) mass is 436 g/mol. The Labute approximate surface area is 185 Å². The minimum atomic E-state index is -0.251. The number of hydrogen-bond donors (Lipinski definition) is 1. The molecule has 0 atom stereocenters. The first-order chi connectivity index (χ1) is 15.6. The minimum absolute atomic E-state index is 0.0216. The van der Waals surface area contributed by atoms with Gasteiger partial charge in [-0.15, -0.1) is 5.10 Å². The number of halogens is 1. The van der Waals surface area contributed by atoms with Crippen LogP contribution in [0.5, 0.6) is 0 Å². The molecular weight excluding hydrogens is 411 g/mol. The Morgan fingerprint density at radius 1 is 1.06 bits per heavy atom. The fourth-order valence-corrected chi connectivity index (χ4v) is 3.89. The molecule has 1 aliphatic rings. The number of hydrogen-bond acceptors (Lipinski definition) is 5. The molecule has 0 aliphatic carbocycles. The number of piperidine rings is 1. The van der Waals surface area contributed by atoms with Crippen molar-refractivity contribution in [3.63, 3.8) is 0 Å². The third-order valence-corrected chi connectivity index (χ3v) is 5.78. The summed E-state index contributed by atoms with van der Waals surface area (Å²) in [4.78, 5) is 26.9. The summed E-state index contributed by atoms with van der Waals surface area (Å²) in [5, 5.41) is 14.0. The summed E-state index contributed by atoms with van der Waals surface area (Å²) in [6.07, 6.45) is 3.56. The van der Waals surface area contributed by atoms with Crippen LogP contribution in [0.1, 0.15) is 24.0 Å². The van der Waals surface area contributed by atoms with E-state index in [9.17, 15) is 14.0 Å². The van der Waals surface area contributed by atoms with Crippen LogP contribution in [0.4, 0.5) is 4.39 Å². The van der Waals surface area contributed by atoms with Gasteiger partial charge in [0.15, 0.2) is 0 Å². The van der Waals surface area contributed by atoms with Gasteiger partial charge in [0.25, 0.3) is 0 Å². The van der Waals surface area contributed by atoms with Crippen molar-refractivity contribution in [1.29, 1.82) is 0 Å². The lowest BCUT2D eigenvalue weighted by molar-refractivity contribution is -0.135. The molecule has 1 aromatic heterocycles. The van der Waals surface area contributed by atoms with Gasteiger partial charge in [0.05, 0.1) is 12.1 Å². The van der Waals surface area contributed by atoms with E-state index in [4.69, 9.17) is 0 Å². The van der Waals surface area contributed by atoms with Gasteiger partial charge < -0.3 is 10.2 Å². The Bertz CT molecular complexity index is 1050. The molecule has 0 spiro atoms. The lowest BCUT2D eigenvalue weighted by atomic mass is 9.95. The van der Waals surface area contributed by atoms with Gasteiger partial charge in [0.1, 0.15) is 12.1 Å². The van der Waals surface area contributed by atoms with Crippen LogP contribution in [0.2, 0.25) is 0 Å². The Morgan fingerprint density at radius 2 is 1.81 bits per heavy atom. The van der Waals surface area contributed by atoms with Crippen molar-refractivity contribution >= 4 is 11.8 Å². The number of carbonyl (C=O) groups excluding carboxylic acids is 2. The molecule has 1 N–H and O–H groups in total. The third kappa shape index (κ3) is 5.35. The first-order valence-corrected chi connectivity index (χ1v) is 10.7. The molecule has 0 radical (unpaired) electrons. The molecule has 2 heterocycles. The second-order valence-electron chi connectivity index (χ2n) is 7.89. The quantitative estimate of drug-likeness (QED) is 0.611. The van der Waals surface area contributed by atoms with Crippen LogP contribution in [0.25, 0.3) is 5.69 Å². The number of carbonyl (C=O) groups is 2. The molecule has 2 amide bonds. The van der Waals surface area contributed by atoms with Crippen molar-refractivity contribution < 1.29 is 14.0 Å². The highest BCUT2D eigenvalue weighted by Gasteiger charge is 2.27. The number of amides is 2. The molecule has 1 aliphatic heterocycles. The van der Waals surface area contributed by atoms with Crippen molar-refractivity contribution in [2.75, 3.05) is 19.6 Å². The Kier molecular flexibility index (Phi) is 6.84. The summed E-state index contributed by atoms with van der Waals surface area (Å²) in [6, 6.07) is 14.1. The van der Waals surface area contributed by atoms with Gasteiger partial charge in [0, 0.05) is 25.6 Å². The van der Waals surface area contributed by atoms with E-state index in [0.29, 0.717) is 50.9 Å². The summed E-state index contributed by atoms with van der Waals surface area (Å²) < 4.78 is 15.2. The maximum atomic E-state index is 13.7. The topological polar surface area (TPSA) is 93.0 Å². The predicted octanol–water partition coefficient (Wildman–Crippen LogP) is 1.94. The van der Waals surface area contributed by atoms with Crippen LogP contribution < -0.4 is 5.32 Å². The smallest absolute Gasteiger partial charge is 0.226 e. The lowest BCUT2D eigenvalue weighted by Gasteiger charge is -2.31. The maximum Gasteiger partial charge on any atom is 0.226 e. The Hall–Kier alpha value is -3.62. The van der Waals surface area contributed by atoms with Crippen molar-refractivity contribution in [2.45, 2.75) is 25.7 Å². The first kappa shape index (κ1) is 21.6. The van der Waals surface area contributed by atoms with Gasteiger partial charge in [-0.05, 0) is 59.0 Å². The number of benzene rings is 2. The molecule has 166 valence electrons. The Balaban J connectivity index is 1.20.